The lowest BCUT2D eigenvalue weighted by molar-refractivity contribution is -0.119. The van der Waals surface area contributed by atoms with E-state index in [2.05, 4.69) is 26.1 Å². The fourth-order valence-electron chi connectivity index (χ4n) is 3.23. The van der Waals surface area contributed by atoms with Crippen LogP contribution in [0.5, 0.6) is 5.75 Å². The highest BCUT2D eigenvalue weighted by Gasteiger charge is 2.27. The molecule has 34 heavy (non-hydrogen) atoms. The number of para-hydroxylation sites is 2. The zero-order chi connectivity index (χ0) is 24.7. The highest BCUT2D eigenvalue weighted by atomic mass is 32.1. The summed E-state index contributed by atoms with van der Waals surface area (Å²) >= 11 is 1.28. The van der Waals surface area contributed by atoms with Gasteiger partial charge in [-0.25, -0.2) is 4.79 Å². The Labute approximate surface area is 203 Å². The highest BCUT2D eigenvalue weighted by Crippen LogP contribution is 2.28. The van der Waals surface area contributed by atoms with Gasteiger partial charge in [0.25, 0.3) is 0 Å². The summed E-state index contributed by atoms with van der Waals surface area (Å²) in [4.78, 5) is 27.7. The largest absolute Gasteiger partial charge is 0.495 e. The van der Waals surface area contributed by atoms with E-state index < -0.39 is 12.1 Å². The third-order valence-electron chi connectivity index (χ3n) is 5.42. The second-order valence-electron chi connectivity index (χ2n) is 8.00. The molecule has 0 aliphatic carbocycles. The van der Waals surface area contributed by atoms with Crippen molar-refractivity contribution < 1.29 is 14.3 Å². The number of urea groups is 1. The van der Waals surface area contributed by atoms with Crippen molar-refractivity contribution in [3.63, 3.8) is 0 Å². The Morgan fingerprint density at radius 2 is 1.76 bits per heavy atom. The molecule has 0 radical (unpaired) electrons. The summed E-state index contributed by atoms with van der Waals surface area (Å²) in [5.74, 6) is 0.0757. The summed E-state index contributed by atoms with van der Waals surface area (Å²) < 4.78 is 5.27. The first kappa shape index (κ1) is 25.0. The van der Waals surface area contributed by atoms with Crippen molar-refractivity contribution in [2.24, 2.45) is 5.92 Å². The molecule has 0 aliphatic heterocycles. The maximum Gasteiger partial charge on any atom is 0.320 e. The van der Waals surface area contributed by atoms with E-state index >= 15 is 0 Å². The lowest BCUT2D eigenvalue weighted by Gasteiger charge is -2.23. The Bertz CT molecular complexity index is 1120. The molecule has 0 fully saturated rings. The van der Waals surface area contributed by atoms with Gasteiger partial charge in [0.05, 0.1) is 12.8 Å². The van der Waals surface area contributed by atoms with Gasteiger partial charge in [0.2, 0.25) is 11.0 Å². The average Bonchev–Trinajstić information content (AvgIpc) is 3.30. The molecule has 0 aliphatic rings. The molecule has 2 aromatic carbocycles. The Morgan fingerprint density at radius 1 is 1.06 bits per heavy atom. The molecular weight excluding hydrogens is 452 g/mol. The molecule has 0 saturated heterocycles. The topological polar surface area (TPSA) is 108 Å². The standard InChI is InChI=1S/C24H30N6O3S/c1-6-15(2)20(26-23(32)25-18-9-7-8-10-19(18)33-5)21(31)27-24-29-28-22(34-24)16-11-13-17(14-12-16)30(3)4/h7-15,20H,6H2,1-5H3,(H2,25,26,32)(H,27,29,31). The van der Waals surface area contributed by atoms with Gasteiger partial charge < -0.3 is 20.3 Å². The van der Waals surface area contributed by atoms with Gasteiger partial charge in [0, 0.05) is 25.3 Å². The Hall–Kier alpha value is -3.66. The number of aromatic nitrogens is 2. The first-order valence-corrected chi connectivity index (χ1v) is 11.8. The van der Waals surface area contributed by atoms with Crippen LogP contribution in [0.25, 0.3) is 10.6 Å². The smallest absolute Gasteiger partial charge is 0.320 e. The Balaban J connectivity index is 1.68. The predicted molar refractivity (Wildman–Crippen MR) is 137 cm³/mol. The third-order valence-corrected chi connectivity index (χ3v) is 6.31. The van der Waals surface area contributed by atoms with E-state index in [0.29, 0.717) is 28.0 Å². The fraction of sp³-hybridized carbons (Fsp3) is 0.333. The van der Waals surface area contributed by atoms with E-state index in [1.54, 1.807) is 18.2 Å². The summed E-state index contributed by atoms with van der Waals surface area (Å²) in [6.45, 7) is 3.87. The van der Waals surface area contributed by atoms with Crippen LogP contribution in [-0.2, 0) is 4.79 Å². The molecule has 9 nitrogen and oxygen atoms in total. The molecule has 3 N–H and O–H groups in total. The van der Waals surface area contributed by atoms with Gasteiger partial charge >= 0.3 is 6.03 Å². The van der Waals surface area contributed by atoms with Crippen molar-refractivity contribution in [1.29, 1.82) is 0 Å². The number of carbonyl (C=O) groups is 2. The van der Waals surface area contributed by atoms with Crippen LogP contribution in [0.1, 0.15) is 20.3 Å². The van der Waals surface area contributed by atoms with E-state index in [4.69, 9.17) is 4.74 Å². The molecule has 3 aromatic rings. The number of amides is 3. The quantitative estimate of drug-likeness (QED) is 0.416. The molecule has 0 spiro atoms. The van der Waals surface area contributed by atoms with Gasteiger partial charge in [0.15, 0.2) is 0 Å². The van der Waals surface area contributed by atoms with Crippen molar-refractivity contribution in [2.45, 2.75) is 26.3 Å². The van der Waals surface area contributed by atoms with Crippen molar-refractivity contribution in [2.75, 3.05) is 36.7 Å². The van der Waals surface area contributed by atoms with Gasteiger partial charge in [-0.3, -0.25) is 10.1 Å². The summed E-state index contributed by atoms with van der Waals surface area (Å²) in [7, 11) is 5.48. The number of ether oxygens (including phenoxy) is 1. The molecular formula is C24H30N6O3S. The SMILES string of the molecule is CCC(C)C(NC(=O)Nc1ccccc1OC)C(=O)Nc1nnc(-c2ccc(N(C)C)cc2)s1. The fourth-order valence-corrected chi connectivity index (χ4v) is 3.98. The van der Waals surface area contributed by atoms with Crippen LogP contribution in [-0.4, -0.2) is 49.4 Å². The van der Waals surface area contributed by atoms with Gasteiger partial charge in [-0.05, 0) is 42.3 Å². The second kappa shape index (κ2) is 11.5. The number of nitrogens with zero attached hydrogens (tertiary/aromatic N) is 3. The molecule has 3 amide bonds. The lowest BCUT2D eigenvalue weighted by Crippen LogP contribution is -2.49. The van der Waals surface area contributed by atoms with Crippen molar-refractivity contribution in [3.05, 3.63) is 48.5 Å². The summed E-state index contributed by atoms with van der Waals surface area (Å²) in [6.07, 6.45) is 0.701. The summed E-state index contributed by atoms with van der Waals surface area (Å²) in [5.41, 5.74) is 2.51. The molecule has 0 bridgehead atoms. The average molecular weight is 483 g/mol. The maximum absolute atomic E-state index is 13.0. The number of rotatable bonds is 9. The van der Waals surface area contributed by atoms with Crippen LogP contribution in [0, 0.1) is 5.92 Å². The van der Waals surface area contributed by atoms with Crippen LogP contribution >= 0.6 is 11.3 Å². The van der Waals surface area contributed by atoms with Crippen molar-refractivity contribution >= 4 is 39.8 Å². The van der Waals surface area contributed by atoms with Crippen LogP contribution in [0.3, 0.4) is 0 Å². The van der Waals surface area contributed by atoms with E-state index in [0.717, 1.165) is 11.3 Å². The maximum atomic E-state index is 13.0. The van der Waals surface area contributed by atoms with E-state index in [9.17, 15) is 9.59 Å². The van der Waals surface area contributed by atoms with Crippen molar-refractivity contribution in [3.8, 4) is 16.3 Å². The zero-order valence-corrected chi connectivity index (χ0v) is 20.8. The molecule has 2 atom stereocenters. The number of benzene rings is 2. The minimum absolute atomic E-state index is 0.102. The monoisotopic (exact) mass is 482 g/mol. The van der Waals surface area contributed by atoms with Gasteiger partial charge in [0.1, 0.15) is 16.8 Å². The van der Waals surface area contributed by atoms with E-state index in [-0.39, 0.29) is 11.8 Å². The number of nitrogens with one attached hydrogen (secondary N) is 3. The summed E-state index contributed by atoms with van der Waals surface area (Å²) in [6, 6.07) is 13.7. The van der Waals surface area contributed by atoms with Crippen LogP contribution in [0.15, 0.2) is 48.5 Å². The van der Waals surface area contributed by atoms with E-state index in [1.165, 1.54) is 18.4 Å². The molecule has 180 valence electrons. The van der Waals surface area contributed by atoms with Crippen LogP contribution in [0.4, 0.5) is 21.3 Å². The first-order chi connectivity index (χ1) is 16.3. The minimum atomic E-state index is -0.758. The Kier molecular flexibility index (Phi) is 8.42. The molecule has 1 aromatic heterocycles. The van der Waals surface area contributed by atoms with Gasteiger partial charge in [-0.15, -0.1) is 10.2 Å². The third kappa shape index (κ3) is 6.22. The van der Waals surface area contributed by atoms with Crippen LogP contribution < -0.4 is 25.6 Å². The van der Waals surface area contributed by atoms with Gasteiger partial charge in [-0.2, -0.15) is 0 Å². The molecule has 0 saturated carbocycles. The summed E-state index contributed by atoms with van der Waals surface area (Å²) in [5, 5.41) is 17.7. The lowest BCUT2D eigenvalue weighted by atomic mass is 9.98. The predicted octanol–water partition coefficient (Wildman–Crippen LogP) is 4.45. The highest BCUT2D eigenvalue weighted by molar-refractivity contribution is 7.18. The number of anilines is 3. The van der Waals surface area contributed by atoms with Gasteiger partial charge in [-0.1, -0.05) is 43.7 Å². The first-order valence-electron chi connectivity index (χ1n) is 10.9. The number of hydrogen-bond acceptors (Lipinski definition) is 7. The molecule has 1 heterocycles. The molecule has 3 rings (SSSR count). The normalized spacial score (nSPS) is 12.4. The van der Waals surface area contributed by atoms with Crippen LogP contribution in [0.2, 0.25) is 0 Å². The number of hydrogen-bond donors (Lipinski definition) is 3. The van der Waals surface area contributed by atoms with E-state index in [1.807, 2.05) is 63.2 Å². The molecule has 2 unspecified atom stereocenters. The zero-order valence-electron chi connectivity index (χ0n) is 20.0. The number of carbonyl (C=O) groups excluding carboxylic acids is 2. The Morgan fingerprint density at radius 3 is 2.41 bits per heavy atom. The number of methoxy groups -OCH3 is 1. The molecule has 10 heteroatoms. The second-order valence-corrected chi connectivity index (χ2v) is 8.98. The van der Waals surface area contributed by atoms with Crippen molar-refractivity contribution in [1.82, 2.24) is 15.5 Å². The minimum Gasteiger partial charge on any atom is -0.495 e.